The summed E-state index contributed by atoms with van der Waals surface area (Å²) in [4.78, 5) is 0. The maximum absolute atomic E-state index is 6.18. The van der Waals surface area contributed by atoms with Crippen molar-refractivity contribution >= 4 is 16.8 Å². The Labute approximate surface area is 201 Å². The van der Waals surface area contributed by atoms with E-state index in [1.807, 2.05) is 18.2 Å². The Morgan fingerprint density at radius 3 is 2.59 bits per heavy atom. The molecular formula is C33H25N. The third-order valence-corrected chi connectivity index (χ3v) is 7.41. The summed E-state index contributed by atoms with van der Waals surface area (Å²) in [6.07, 6.45) is 19.5. The second-order valence-corrected chi connectivity index (χ2v) is 9.07. The van der Waals surface area contributed by atoms with Crippen LogP contribution < -0.4 is 5.73 Å². The zero-order valence-corrected chi connectivity index (χ0v) is 19.2. The molecule has 0 radical (unpaired) electrons. The van der Waals surface area contributed by atoms with E-state index in [9.17, 15) is 0 Å². The third kappa shape index (κ3) is 2.63. The molecule has 6 rings (SSSR count). The Hall–Kier alpha value is -4.28. The molecule has 1 heteroatoms. The Balaban J connectivity index is 1.76. The average molecular weight is 436 g/mol. The van der Waals surface area contributed by atoms with Gasteiger partial charge in [-0.25, -0.2) is 0 Å². The van der Waals surface area contributed by atoms with E-state index in [-0.39, 0.29) is 0 Å². The van der Waals surface area contributed by atoms with E-state index in [4.69, 9.17) is 12.2 Å². The van der Waals surface area contributed by atoms with Crippen molar-refractivity contribution < 1.29 is 0 Å². The first-order valence-corrected chi connectivity index (χ1v) is 11.7. The SMILES string of the molecule is C#C/C=C\C1=C(C)c2c(-c3cccc(N)c3)cccc2C12C1=C(CC=CC=C1)c1ccccc12. The van der Waals surface area contributed by atoms with Crippen molar-refractivity contribution in [2.24, 2.45) is 0 Å². The van der Waals surface area contributed by atoms with E-state index < -0.39 is 5.41 Å². The summed E-state index contributed by atoms with van der Waals surface area (Å²) in [7, 11) is 0. The average Bonchev–Trinajstić information content (AvgIpc) is 3.12. The van der Waals surface area contributed by atoms with Crippen LogP contribution in [0.2, 0.25) is 0 Å². The first kappa shape index (κ1) is 20.3. The predicted molar refractivity (Wildman–Crippen MR) is 144 cm³/mol. The molecule has 1 nitrogen and oxygen atoms in total. The van der Waals surface area contributed by atoms with Crippen LogP contribution in [0.4, 0.5) is 5.69 Å². The van der Waals surface area contributed by atoms with Gasteiger partial charge in [0.15, 0.2) is 0 Å². The minimum atomic E-state index is -0.391. The van der Waals surface area contributed by atoms with E-state index in [1.54, 1.807) is 0 Å². The molecule has 0 amide bonds. The molecule has 2 N–H and O–H groups in total. The smallest absolute Gasteiger partial charge is 0.0719 e. The number of hydrogen-bond donors (Lipinski definition) is 1. The van der Waals surface area contributed by atoms with Gasteiger partial charge < -0.3 is 5.73 Å². The fraction of sp³-hybridized carbons (Fsp3) is 0.0909. The first-order chi connectivity index (χ1) is 16.7. The van der Waals surface area contributed by atoms with Gasteiger partial charge in [-0.15, -0.1) is 6.42 Å². The van der Waals surface area contributed by atoms with Crippen molar-refractivity contribution in [2.45, 2.75) is 18.8 Å². The topological polar surface area (TPSA) is 26.0 Å². The fourth-order valence-corrected chi connectivity index (χ4v) is 6.19. The van der Waals surface area contributed by atoms with Gasteiger partial charge in [0.05, 0.1) is 5.41 Å². The lowest BCUT2D eigenvalue weighted by atomic mass is 9.68. The van der Waals surface area contributed by atoms with E-state index >= 15 is 0 Å². The number of terminal acetylenes is 1. The van der Waals surface area contributed by atoms with Gasteiger partial charge in [-0.05, 0) is 93.3 Å². The van der Waals surface area contributed by atoms with Gasteiger partial charge in [0, 0.05) is 5.69 Å². The van der Waals surface area contributed by atoms with Crippen LogP contribution in [0, 0.1) is 12.3 Å². The van der Waals surface area contributed by atoms with Crippen LogP contribution in [0.5, 0.6) is 0 Å². The Bertz CT molecular complexity index is 1550. The molecule has 0 aliphatic heterocycles. The molecule has 1 atom stereocenters. The van der Waals surface area contributed by atoms with E-state index in [0.717, 1.165) is 17.7 Å². The largest absolute Gasteiger partial charge is 0.399 e. The summed E-state index contributed by atoms with van der Waals surface area (Å²) in [5.41, 5.74) is 19.4. The highest BCUT2D eigenvalue weighted by Gasteiger charge is 2.52. The number of anilines is 1. The number of allylic oxidation sites excluding steroid dienone is 10. The van der Waals surface area contributed by atoms with E-state index in [0.29, 0.717) is 0 Å². The summed E-state index contributed by atoms with van der Waals surface area (Å²) in [5, 5.41) is 0. The second kappa shape index (κ2) is 7.65. The Morgan fingerprint density at radius 1 is 0.941 bits per heavy atom. The van der Waals surface area contributed by atoms with Gasteiger partial charge >= 0.3 is 0 Å². The van der Waals surface area contributed by atoms with Crippen molar-refractivity contribution in [3.8, 4) is 23.5 Å². The number of fused-ring (bicyclic) bond motifs is 6. The minimum Gasteiger partial charge on any atom is -0.399 e. The first-order valence-electron chi connectivity index (χ1n) is 11.7. The summed E-state index contributed by atoms with van der Waals surface area (Å²) in [6.45, 7) is 2.24. The van der Waals surface area contributed by atoms with Crippen LogP contribution >= 0.6 is 0 Å². The lowest BCUT2D eigenvalue weighted by Crippen LogP contribution is -2.27. The number of hydrogen-bond acceptors (Lipinski definition) is 1. The van der Waals surface area contributed by atoms with Gasteiger partial charge in [0.1, 0.15) is 0 Å². The number of rotatable bonds is 2. The van der Waals surface area contributed by atoms with Crippen LogP contribution in [-0.2, 0) is 5.41 Å². The lowest BCUT2D eigenvalue weighted by Gasteiger charge is -2.33. The molecule has 3 aromatic carbocycles. The van der Waals surface area contributed by atoms with Crippen LogP contribution in [0.15, 0.2) is 114 Å². The molecular weight excluding hydrogens is 410 g/mol. The predicted octanol–water partition coefficient (Wildman–Crippen LogP) is 7.48. The normalized spacial score (nSPS) is 20.0. The van der Waals surface area contributed by atoms with Gasteiger partial charge in [-0.2, -0.15) is 0 Å². The zero-order chi connectivity index (χ0) is 23.3. The van der Waals surface area contributed by atoms with Crippen molar-refractivity contribution in [1.82, 2.24) is 0 Å². The van der Waals surface area contributed by atoms with Crippen LogP contribution in [0.25, 0.3) is 22.3 Å². The molecule has 0 aromatic heterocycles. The molecule has 3 aromatic rings. The zero-order valence-electron chi connectivity index (χ0n) is 19.2. The molecule has 3 aliphatic rings. The highest BCUT2D eigenvalue weighted by Crippen LogP contribution is 2.63. The molecule has 0 saturated carbocycles. The van der Waals surface area contributed by atoms with Gasteiger partial charge in [0.25, 0.3) is 0 Å². The molecule has 162 valence electrons. The number of benzene rings is 3. The molecule has 3 aliphatic carbocycles. The van der Waals surface area contributed by atoms with E-state index in [2.05, 4.69) is 97.8 Å². The van der Waals surface area contributed by atoms with Crippen LogP contribution in [0.3, 0.4) is 0 Å². The van der Waals surface area contributed by atoms with E-state index in [1.165, 1.54) is 50.1 Å². The Kier molecular flexibility index (Phi) is 4.57. The third-order valence-electron chi connectivity index (χ3n) is 7.41. The lowest BCUT2D eigenvalue weighted by molar-refractivity contribution is 0.778. The maximum atomic E-state index is 6.18. The standard InChI is InChI=1S/C33H25N/c1-3-4-17-28-22(2)32-25(23-12-10-13-24(34)21-23)16-11-20-31(32)33(28)29-18-7-5-6-14-26(29)27-15-8-9-19-30(27)33/h1,4-13,15-21H,14,34H2,2H3/b17-4-. The van der Waals surface area contributed by atoms with Gasteiger partial charge in [-0.3, -0.25) is 0 Å². The van der Waals surface area contributed by atoms with Crippen molar-refractivity contribution in [2.75, 3.05) is 5.73 Å². The molecule has 1 unspecified atom stereocenters. The molecule has 0 bridgehead atoms. The van der Waals surface area contributed by atoms with Crippen molar-refractivity contribution in [1.29, 1.82) is 0 Å². The Morgan fingerprint density at radius 2 is 1.74 bits per heavy atom. The molecule has 1 spiro atoms. The molecule has 0 fully saturated rings. The maximum Gasteiger partial charge on any atom is 0.0719 e. The molecule has 0 heterocycles. The second-order valence-electron chi connectivity index (χ2n) is 9.07. The number of nitrogen functional groups attached to an aromatic ring is 1. The van der Waals surface area contributed by atoms with Gasteiger partial charge in [0.2, 0.25) is 0 Å². The summed E-state index contributed by atoms with van der Waals surface area (Å²) >= 11 is 0. The van der Waals surface area contributed by atoms with Crippen LogP contribution in [0.1, 0.15) is 35.6 Å². The molecule has 34 heavy (non-hydrogen) atoms. The van der Waals surface area contributed by atoms with Crippen molar-refractivity contribution in [3.63, 3.8) is 0 Å². The fourth-order valence-electron chi connectivity index (χ4n) is 6.19. The highest BCUT2D eigenvalue weighted by molar-refractivity contribution is 5.99. The summed E-state index contributed by atoms with van der Waals surface area (Å²) in [6, 6.07) is 23.7. The number of nitrogens with two attached hydrogens (primary N) is 1. The monoisotopic (exact) mass is 435 g/mol. The van der Waals surface area contributed by atoms with Crippen LogP contribution in [-0.4, -0.2) is 0 Å². The van der Waals surface area contributed by atoms with Crippen molar-refractivity contribution in [3.05, 3.63) is 137 Å². The highest BCUT2D eigenvalue weighted by atomic mass is 14.5. The summed E-state index contributed by atoms with van der Waals surface area (Å²) < 4.78 is 0. The van der Waals surface area contributed by atoms with Gasteiger partial charge in [-0.1, -0.05) is 84.8 Å². The molecule has 0 saturated heterocycles. The summed E-state index contributed by atoms with van der Waals surface area (Å²) in [5.74, 6) is 2.73. The minimum absolute atomic E-state index is 0.391. The quantitative estimate of drug-likeness (QED) is 0.328.